The first kappa shape index (κ1) is 14.2. The van der Waals surface area contributed by atoms with Crippen LogP contribution in [-0.2, 0) is 0 Å². The molecule has 0 atom stereocenters. The summed E-state index contributed by atoms with van der Waals surface area (Å²) >= 11 is 0. The zero-order valence-corrected chi connectivity index (χ0v) is 11.9. The number of carboxylic acid groups (broad SMARTS) is 1. The minimum Gasteiger partial charge on any atom is -0.486 e. The van der Waals surface area contributed by atoms with Crippen molar-refractivity contribution in [1.29, 1.82) is 0 Å². The van der Waals surface area contributed by atoms with Crippen molar-refractivity contribution in [2.24, 2.45) is 0 Å². The number of benzene rings is 1. The van der Waals surface area contributed by atoms with Gasteiger partial charge in [0.05, 0.1) is 25.5 Å². The minimum absolute atomic E-state index is 0.0542. The smallest absolute Gasteiger partial charge is 0.356 e. The molecule has 0 bridgehead atoms. The lowest BCUT2D eigenvalue weighted by atomic mass is 10.1. The molecule has 7 heteroatoms. The summed E-state index contributed by atoms with van der Waals surface area (Å²) in [4.78, 5) is 20.5. The van der Waals surface area contributed by atoms with Crippen LogP contribution in [0.1, 0.15) is 16.1 Å². The molecule has 0 radical (unpaired) electrons. The summed E-state index contributed by atoms with van der Waals surface area (Å²) in [6.45, 7) is 3.05. The molecule has 1 aromatic carbocycles. The number of aryl methyl sites for hydroxylation is 1. The van der Waals surface area contributed by atoms with Gasteiger partial charge in [-0.15, -0.1) is 0 Å². The van der Waals surface area contributed by atoms with Crippen LogP contribution in [0.25, 0.3) is 0 Å². The van der Waals surface area contributed by atoms with Crippen molar-refractivity contribution in [2.75, 3.05) is 18.0 Å². The molecule has 1 saturated heterocycles. The van der Waals surface area contributed by atoms with Crippen molar-refractivity contribution < 1.29 is 19.0 Å². The fourth-order valence-electron chi connectivity index (χ4n) is 2.18. The Labute approximate surface area is 126 Å². The van der Waals surface area contributed by atoms with Gasteiger partial charge in [0, 0.05) is 6.07 Å². The van der Waals surface area contributed by atoms with Crippen molar-refractivity contribution in [3.63, 3.8) is 0 Å². The van der Waals surface area contributed by atoms with Crippen LogP contribution >= 0.6 is 0 Å². The SMILES string of the molecule is Cc1ccc(F)cc1OC1CN(c2cnc(C(=O)O)cn2)C1. The molecule has 1 aliphatic heterocycles. The standard InChI is InChI=1S/C15H14FN3O3/c1-9-2-3-10(16)4-13(9)22-11-7-19(8-11)14-6-17-12(5-18-14)15(20)21/h2-6,11H,7-8H2,1H3,(H,20,21). The van der Waals surface area contributed by atoms with Gasteiger partial charge in [0.15, 0.2) is 5.69 Å². The first-order valence-corrected chi connectivity index (χ1v) is 6.76. The lowest BCUT2D eigenvalue weighted by molar-refractivity contribution is 0.0690. The first-order valence-electron chi connectivity index (χ1n) is 6.76. The summed E-state index contributed by atoms with van der Waals surface area (Å²) in [5.41, 5.74) is 0.790. The van der Waals surface area contributed by atoms with E-state index in [1.54, 1.807) is 6.07 Å². The van der Waals surface area contributed by atoms with Crippen LogP contribution in [-0.4, -0.2) is 40.2 Å². The summed E-state index contributed by atoms with van der Waals surface area (Å²) in [6, 6.07) is 4.45. The maximum absolute atomic E-state index is 13.2. The van der Waals surface area contributed by atoms with Gasteiger partial charge in [-0.05, 0) is 18.6 Å². The molecule has 22 heavy (non-hydrogen) atoms. The third-order valence-corrected chi connectivity index (χ3v) is 3.47. The van der Waals surface area contributed by atoms with Gasteiger partial charge in [-0.2, -0.15) is 0 Å². The van der Waals surface area contributed by atoms with Crippen LogP contribution in [0.2, 0.25) is 0 Å². The molecule has 0 spiro atoms. The summed E-state index contributed by atoms with van der Waals surface area (Å²) in [5, 5.41) is 8.77. The van der Waals surface area contributed by atoms with Gasteiger partial charge in [-0.25, -0.2) is 19.2 Å². The number of anilines is 1. The van der Waals surface area contributed by atoms with Crippen LogP contribution in [0.3, 0.4) is 0 Å². The number of ether oxygens (including phenoxy) is 1. The number of hydrogen-bond acceptors (Lipinski definition) is 5. The highest BCUT2D eigenvalue weighted by molar-refractivity contribution is 5.84. The fraction of sp³-hybridized carbons (Fsp3) is 0.267. The lowest BCUT2D eigenvalue weighted by Gasteiger charge is -2.39. The number of carbonyl (C=O) groups is 1. The Balaban J connectivity index is 1.60. The summed E-state index contributed by atoms with van der Waals surface area (Å²) in [7, 11) is 0. The molecular formula is C15H14FN3O3. The Morgan fingerprint density at radius 3 is 2.77 bits per heavy atom. The normalized spacial score (nSPS) is 14.5. The van der Waals surface area contributed by atoms with Crippen molar-refractivity contribution in [3.8, 4) is 5.75 Å². The molecule has 6 nitrogen and oxygen atoms in total. The van der Waals surface area contributed by atoms with Gasteiger partial charge >= 0.3 is 5.97 Å². The van der Waals surface area contributed by atoms with Gasteiger partial charge in [0.2, 0.25) is 0 Å². The van der Waals surface area contributed by atoms with Gasteiger partial charge in [0.1, 0.15) is 23.5 Å². The van der Waals surface area contributed by atoms with Gasteiger partial charge < -0.3 is 14.7 Å². The summed E-state index contributed by atoms with van der Waals surface area (Å²) in [5.74, 6) is -0.296. The Morgan fingerprint density at radius 2 is 2.14 bits per heavy atom. The van der Waals surface area contributed by atoms with Crippen LogP contribution in [0.5, 0.6) is 5.75 Å². The first-order chi connectivity index (χ1) is 10.5. The molecule has 3 rings (SSSR count). The van der Waals surface area contributed by atoms with Gasteiger partial charge in [-0.3, -0.25) is 0 Å². The maximum atomic E-state index is 13.2. The van der Waals surface area contributed by atoms with Gasteiger partial charge in [-0.1, -0.05) is 6.07 Å². The molecule has 1 aromatic heterocycles. The maximum Gasteiger partial charge on any atom is 0.356 e. The monoisotopic (exact) mass is 303 g/mol. The largest absolute Gasteiger partial charge is 0.486 e. The summed E-state index contributed by atoms with van der Waals surface area (Å²) < 4.78 is 19.0. The van der Waals surface area contributed by atoms with E-state index in [9.17, 15) is 9.18 Å². The highest BCUT2D eigenvalue weighted by Gasteiger charge is 2.30. The number of halogens is 1. The predicted molar refractivity (Wildman–Crippen MR) is 76.8 cm³/mol. The second-order valence-corrected chi connectivity index (χ2v) is 5.12. The van der Waals surface area contributed by atoms with Crippen molar-refractivity contribution >= 4 is 11.8 Å². The second-order valence-electron chi connectivity index (χ2n) is 5.12. The molecule has 1 N–H and O–H groups in total. The third kappa shape index (κ3) is 2.83. The molecule has 0 unspecified atom stereocenters. The average molecular weight is 303 g/mol. The third-order valence-electron chi connectivity index (χ3n) is 3.47. The number of nitrogens with zero attached hydrogens (tertiary/aromatic N) is 3. The van der Waals surface area contributed by atoms with Crippen molar-refractivity contribution in [1.82, 2.24) is 9.97 Å². The summed E-state index contributed by atoms with van der Waals surface area (Å²) in [6.07, 6.45) is 2.59. The van der Waals surface area contributed by atoms with E-state index < -0.39 is 5.97 Å². The molecule has 1 aliphatic rings. The fourth-order valence-corrected chi connectivity index (χ4v) is 2.18. The molecule has 114 valence electrons. The van der Waals surface area contributed by atoms with Crippen molar-refractivity contribution in [3.05, 3.63) is 47.7 Å². The number of hydrogen-bond donors (Lipinski definition) is 1. The van der Waals surface area contributed by atoms with E-state index in [0.29, 0.717) is 24.7 Å². The van der Waals surface area contributed by atoms with E-state index >= 15 is 0 Å². The van der Waals surface area contributed by atoms with E-state index in [2.05, 4.69) is 9.97 Å². The molecule has 0 aliphatic carbocycles. The topological polar surface area (TPSA) is 75.5 Å². The Morgan fingerprint density at radius 1 is 1.36 bits per heavy atom. The zero-order valence-electron chi connectivity index (χ0n) is 11.9. The average Bonchev–Trinajstić information content (AvgIpc) is 2.46. The Hall–Kier alpha value is -2.70. The molecule has 0 saturated carbocycles. The predicted octanol–water partition coefficient (Wildman–Crippen LogP) is 1.89. The Kier molecular flexibility index (Phi) is 3.62. The quantitative estimate of drug-likeness (QED) is 0.929. The van der Waals surface area contributed by atoms with Crippen LogP contribution in [0, 0.1) is 12.7 Å². The van der Waals surface area contributed by atoms with Crippen LogP contribution in [0.15, 0.2) is 30.6 Å². The van der Waals surface area contributed by atoms with E-state index in [1.165, 1.54) is 24.5 Å². The number of rotatable bonds is 4. The number of carboxylic acids is 1. The molecule has 2 aromatic rings. The molecule has 0 amide bonds. The minimum atomic E-state index is -1.11. The zero-order chi connectivity index (χ0) is 15.7. The Bertz CT molecular complexity index is 700. The highest BCUT2D eigenvalue weighted by atomic mass is 19.1. The molecule has 2 heterocycles. The lowest BCUT2D eigenvalue weighted by Crippen LogP contribution is -2.54. The van der Waals surface area contributed by atoms with E-state index in [0.717, 1.165) is 5.56 Å². The van der Waals surface area contributed by atoms with Gasteiger partial charge in [0.25, 0.3) is 0 Å². The molecular weight excluding hydrogens is 289 g/mol. The second kappa shape index (κ2) is 5.59. The number of aromatic carboxylic acids is 1. The van der Waals surface area contributed by atoms with E-state index in [4.69, 9.17) is 9.84 Å². The van der Waals surface area contributed by atoms with Crippen LogP contribution in [0.4, 0.5) is 10.2 Å². The van der Waals surface area contributed by atoms with Crippen LogP contribution < -0.4 is 9.64 Å². The molecule has 1 fully saturated rings. The van der Waals surface area contributed by atoms with E-state index in [1.807, 2.05) is 11.8 Å². The van der Waals surface area contributed by atoms with Crippen molar-refractivity contribution in [2.45, 2.75) is 13.0 Å². The van der Waals surface area contributed by atoms with E-state index in [-0.39, 0.29) is 17.6 Å². The number of aromatic nitrogens is 2. The highest BCUT2D eigenvalue weighted by Crippen LogP contribution is 2.25.